The predicted octanol–water partition coefficient (Wildman–Crippen LogP) is 1.44. The number of benzene rings is 1. The van der Waals surface area contributed by atoms with E-state index in [1.54, 1.807) is 18.2 Å². The van der Waals surface area contributed by atoms with E-state index < -0.39 is 10.0 Å². The van der Waals surface area contributed by atoms with Crippen LogP contribution in [0.15, 0.2) is 41.9 Å². The van der Waals surface area contributed by atoms with Gasteiger partial charge in [-0.25, -0.2) is 28.1 Å². The standard InChI is InChI=1S/C20H25N7O3S/c1-13-2-7-16(31(29,30)26-15-5-3-14(10-28)4-6-15)8-17(13)18-9-23-19(21)20(25-18)27-12-22-11-24-27/h2,7-9,11-12,14-15,26,28H,3-6,10H2,1H3,(H2,21,23). The Labute approximate surface area is 180 Å². The largest absolute Gasteiger partial charge is 0.396 e. The Morgan fingerprint density at radius 2 is 2.03 bits per heavy atom. The summed E-state index contributed by atoms with van der Waals surface area (Å²) in [6, 6.07) is 4.80. The molecule has 31 heavy (non-hydrogen) atoms. The zero-order valence-corrected chi connectivity index (χ0v) is 18.0. The van der Waals surface area contributed by atoms with Crippen molar-refractivity contribution in [2.24, 2.45) is 5.92 Å². The average molecular weight is 444 g/mol. The topological polar surface area (TPSA) is 149 Å². The van der Waals surface area contributed by atoms with Crippen LogP contribution in [0.4, 0.5) is 5.82 Å². The monoisotopic (exact) mass is 443 g/mol. The number of aliphatic hydroxyl groups is 1. The summed E-state index contributed by atoms with van der Waals surface area (Å²) < 4.78 is 30.2. The first kappa shape index (κ1) is 21.3. The van der Waals surface area contributed by atoms with E-state index in [-0.39, 0.29) is 29.3 Å². The summed E-state index contributed by atoms with van der Waals surface area (Å²) in [5.41, 5.74) is 7.91. The second-order valence-electron chi connectivity index (χ2n) is 7.80. The van der Waals surface area contributed by atoms with Gasteiger partial charge in [0.2, 0.25) is 10.0 Å². The van der Waals surface area contributed by atoms with Gasteiger partial charge in [0.25, 0.3) is 0 Å². The number of hydrogen-bond donors (Lipinski definition) is 3. The number of nitrogen functional groups attached to an aromatic ring is 1. The summed E-state index contributed by atoms with van der Waals surface area (Å²) in [6.07, 6.45) is 7.41. The number of anilines is 1. The third-order valence-electron chi connectivity index (χ3n) is 5.64. The summed E-state index contributed by atoms with van der Waals surface area (Å²) in [4.78, 5) is 12.8. The molecule has 1 aromatic carbocycles. The zero-order chi connectivity index (χ0) is 22.0. The number of rotatable bonds is 6. The molecule has 0 radical (unpaired) electrons. The quantitative estimate of drug-likeness (QED) is 0.518. The van der Waals surface area contributed by atoms with Crippen LogP contribution >= 0.6 is 0 Å². The highest BCUT2D eigenvalue weighted by Gasteiger charge is 2.26. The molecule has 4 rings (SSSR count). The van der Waals surface area contributed by atoms with Crippen LogP contribution in [0.3, 0.4) is 0 Å². The third kappa shape index (κ3) is 4.58. The molecule has 1 aliphatic rings. The lowest BCUT2D eigenvalue weighted by molar-refractivity contribution is 0.180. The van der Waals surface area contributed by atoms with E-state index in [1.165, 1.54) is 23.5 Å². The van der Waals surface area contributed by atoms with Crippen LogP contribution in [0.25, 0.3) is 17.1 Å². The maximum Gasteiger partial charge on any atom is 0.240 e. The fourth-order valence-electron chi connectivity index (χ4n) is 3.80. The molecule has 0 atom stereocenters. The number of nitrogens with zero attached hydrogens (tertiary/aromatic N) is 5. The van der Waals surface area contributed by atoms with Crippen molar-refractivity contribution < 1.29 is 13.5 Å². The summed E-state index contributed by atoms with van der Waals surface area (Å²) >= 11 is 0. The lowest BCUT2D eigenvalue weighted by Gasteiger charge is -2.27. The van der Waals surface area contributed by atoms with Gasteiger partial charge in [-0.1, -0.05) is 6.07 Å². The number of hydrogen-bond acceptors (Lipinski definition) is 8. The first-order valence-corrected chi connectivity index (χ1v) is 11.6. The van der Waals surface area contributed by atoms with E-state index in [4.69, 9.17) is 5.73 Å². The molecule has 3 aromatic rings. The number of aryl methyl sites for hydroxylation is 1. The van der Waals surface area contributed by atoms with Crippen molar-refractivity contribution in [3.05, 3.63) is 42.6 Å². The minimum absolute atomic E-state index is 0.132. The van der Waals surface area contributed by atoms with Gasteiger partial charge in [-0.2, -0.15) is 9.78 Å². The Balaban J connectivity index is 1.63. The molecule has 0 bridgehead atoms. The lowest BCUT2D eigenvalue weighted by atomic mass is 9.87. The molecular weight excluding hydrogens is 418 g/mol. The Morgan fingerprint density at radius 1 is 1.26 bits per heavy atom. The number of nitrogens with one attached hydrogen (secondary N) is 1. The molecule has 11 heteroatoms. The third-order valence-corrected chi connectivity index (χ3v) is 7.16. The molecule has 2 aromatic heterocycles. The van der Waals surface area contributed by atoms with Crippen LogP contribution < -0.4 is 10.5 Å². The van der Waals surface area contributed by atoms with Crippen LogP contribution in [-0.4, -0.2) is 50.9 Å². The minimum atomic E-state index is -3.71. The van der Waals surface area contributed by atoms with E-state index in [1.807, 2.05) is 6.92 Å². The van der Waals surface area contributed by atoms with Gasteiger partial charge in [0.15, 0.2) is 11.6 Å². The second kappa shape index (κ2) is 8.69. The van der Waals surface area contributed by atoms with Crippen LogP contribution in [0, 0.1) is 12.8 Å². The zero-order valence-electron chi connectivity index (χ0n) is 17.1. The molecule has 1 fully saturated rings. The highest BCUT2D eigenvalue weighted by Crippen LogP contribution is 2.28. The summed E-state index contributed by atoms with van der Waals surface area (Å²) in [5, 5.41) is 13.3. The molecule has 10 nitrogen and oxygen atoms in total. The molecule has 164 valence electrons. The Morgan fingerprint density at radius 3 is 2.71 bits per heavy atom. The van der Waals surface area contributed by atoms with Crippen LogP contribution in [0.1, 0.15) is 31.2 Å². The second-order valence-corrected chi connectivity index (χ2v) is 9.52. The number of aromatic nitrogens is 5. The summed E-state index contributed by atoms with van der Waals surface area (Å²) in [7, 11) is -3.71. The van der Waals surface area contributed by atoms with Crippen LogP contribution in [0.2, 0.25) is 0 Å². The van der Waals surface area contributed by atoms with Crippen LogP contribution in [0.5, 0.6) is 0 Å². The lowest BCUT2D eigenvalue weighted by Crippen LogP contribution is -2.38. The molecule has 4 N–H and O–H groups in total. The molecule has 0 aliphatic heterocycles. The number of nitrogens with two attached hydrogens (primary N) is 1. The van der Waals surface area contributed by atoms with Gasteiger partial charge in [0.05, 0.1) is 16.8 Å². The number of aliphatic hydroxyl groups excluding tert-OH is 1. The molecule has 0 spiro atoms. The molecule has 1 aliphatic carbocycles. The van der Waals surface area contributed by atoms with Crippen molar-refractivity contribution in [2.75, 3.05) is 12.3 Å². The molecule has 1 saturated carbocycles. The predicted molar refractivity (Wildman–Crippen MR) is 115 cm³/mol. The smallest absolute Gasteiger partial charge is 0.240 e. The fourth-order valence-corrected chi connectivity index (χ4v) is 5.13. The minimum Gasteiger partial charge on any atom is -0.396 e. The molecule has 2 heterocycles. The van der Waals surface area contributed by atoms with Crippen LogP contribution in [-0.2, 0) is 10.0 Å². The van der Waals surface area contributed by atoms with Gasteiger partial charge in [-0.3, -0.25) is 0 Å². The van der Waals surface area contributed by atoms with E-state index in [2.05, 4.69) is 24.8 Å². The van der Waals surface area contributed by atoms with Crippen molar-refractivity contribution in [3.8, 4) is 17.1 Å². The Hall–Kier alpha value is -2.89. The first-order chi connectivity index (χ1) is 14.9. The van der Waals surface area contributed by atoms with Gasteiger partial charge in [-0.05, 0) is 56.2 Å². The molecule has 0 unspecified atom stereocenters. The Kier molecular flexibility index (Phi) is 5.99. The van der Waals surface area contributed by atoms with Crippen molar-refractivity contribution in [1.82, 2.24) is 29.5 Å². The first-order valence-electron chi connectivity index (χ1n) is 10.1. The van der Waals surface area contributed by atoms with Crippen molar-refractivity contribution in [2.45, 2.75) is 43.5 Å². The highest BCUT2D eigenvalue weighted by atomic mass is 32.2. The van der Waals surface area contributed by atoms with Gasteiger partial charge in [0, 0.05) is 18.2 Å². The maximum atomic E-state index is 13.0. The van der Waals surface area contributed by atoms with Crippen molar-refractivity contribution in [3.63, 3.8) is 0 Å². The van der Waals surface area contributed by atoms with Crippen molar-refractivity contribution in [1.29, 1.82) is 0 Å². The Bertz CT molecular complexity index is 1160. The SMILES string of the molecule is Cc1ccc(S(=O)(=O)NC2CCC(CO)CC2)cc1-c1cnc(N)c(-n2cncn2)n1. The van der Waals surface area contributed by atoms with Gasteiger partial charge in [0.1, 0.15) is 12.7 Å². The molecular formula is C20H25N7O3S. The van der Waals surface area contributed by atoms with Gasteiger partial charge in [-0.15, -0.1) is 0 Å². The normalized spacial score (nSPS) is 19.4. The van der Waals surface area contributed by atoms with Gasteiger partial charge < -0.3 is 10.8 Å². The van der Waals surface area contributed by atoms with Crippen molar-refractivity contribution >= 4 is 15.8 Å². The highest BCUT2D eigenvalue weighted by molar-refractivity contribution is 7.89. The maximum absolute atomic E-state index is 13.0. The van der Waals surface area contributed by atoms with E-state index in [9.17, 15) is 13.5 Å². The van der Waals surface area contributed by atoms with Gasteiger partial charge >= 0.3 is 0 Å². The summed E-state index contributed by atoms with van der Waals surface area (Å²) in [5.74, 6) is 0.771. The van der Waals surface area contributed by atoms with E-state index in [0.29, 0.717) is 29.9 Å². The summed E-state index contributed by atoms with van der Waals surface area (Å²) in [6.45, 7) is 2.03. The van der Waals surface area contributed by atoms with E-state index >= 15 is 0 Å². The molecule has 0 amide bonds. The van der Waals surface area contributed by atoms with E-state index in [0.717, 1.165) is 18.4 Å². The number of sulfonamides is 1. The fraction of sp³-hybridized carbons (Fsp3) is 0.400. The molecule has 0 saturated heterocycles. The average Bonchev–Trinajstić information content (AvgIpc) is 3.29.